The molecule has 2 aromatic carbocycles. The van der Waals surface area contributed by atoms with Crippen molar-refractivity contribution in [2.24, 2.45) is 11.8 Å². The maximum Gasteiger partial charge on any atom is 0.277 e. The number of benzene rings is 2. The molecule has 4 nitrogen and oxygen atoms in total. The molecule has 0 spiro atoms. The maximum absolute atomic E-state index is 13.5. The Hall–Kier alpha value is -2.88. The van der Waals surface area contributed by atoms with Crippen molar-refractivity contribution in [2.75, 3.05) is 19.6 Å². The quantitative estimate of drug-likeness (QED) is 0.606. The molecule has 0 unspecified atom stereocenters. The van der Waals surface area contributed by atoms with E-state index in [9.17, 15) is 9.59 Å². The van der Waals surface area contributed by atoms with Crippen molar-refractivity contribution in [2.45, 2.75) is 47.0 Å². The first-order valence-electron chi connectivity index (χ1n) is 11.8. The molecular weight excluding hydrogens is 396 g/mol. The van der Waals surface area contributed by atoms with Crippen LogP contribution in [0.3, 0.4) is 0 Å². The summed E-state index contributed by atoms with van der Waals surface area (Å²) in [6.07, 6.45) is 3.14. The Bertz CT molecular complexity index is 1030. The van der Waals surface area contributed by atoms with Gasteiger partial charge in [0.05, 0.1) is 5.57 Å². The molecule has 0 aliphatic carbocycles. The Morgan fingerprint density at radius 3 is 2.22 bits per heavy atom. The Balaban J connectivity index is 1.60. The van der Waals surface area contributed by atoms with E-state index in [1.807, 2.05) is 26.0 Å². The van der Waals surface area contributed by atoms with Crippen LogP contribution in [0.5, 0.6) is 0 Å². The van der Waals surface area contributed by atoms with E-state index in [0.717, 1.165) is 43.5 Å². The van der Waals surface area contributed by atoms with Gasteiger partial charge in [-0.15, -0.1) is 0 Å². The molecule has 32 heavy (non-hydrogen) atoms. The molecule has 0 N–H and O–H groups in total. The molecule has 2 amide bonds. The average Bonchev–Trinajstić information content (AvgIpc) is 3.01. The highest BCUT2D eigenvalue weighted by molar-refractivity contribution is 6.35. The molecular formula is C28H34N2O2. The van der Waals surface area contributed by atoms with Crippen LogP contribution in [0.15, 0.2) is 54.2 Å². The highest BCUT2D eigenvalue weighted by atomic mass is 16.2. The summed E-state index contributed by atoms with van der Waals surface area (Å²) in [7, 11) is 0. The summed E-state index contributed by atoms with van der Waals surface area (Å²) in [6.45, 7) is 10.3. The van der Waals surface area contributed by atoms with Gasteiger partial charge >= 0.3 is 0 Å². The zero-order chi connectivity index (χ0) is 22.8. The Morgan fingerprint density at radius 2 is 1.59 bits per heavy atom. The number of aryl methyl sites for hydroxylation is 2. The minimum Gasteiger partial charge on any atom is -0.366 e. The molecule has 2 aromatic rings. The molecule has 2 aliphatic rings. The second-order valence-corrected chi connectivity index (χ2v) is 9.76. The van der Waals surface area contributed by atoms with Crippen molar-refractivity contribution in [3.63, 3.8) is 0 Å². The molecule has 2 heterocycles. The van der Waals surface area contributed by atoms with Gasteiger partial charge in [-0.2, -0.15) is 0 Å². The Labute approximate surface area is 191 Å². The van der Waals surface area contributed by atoms with Crippen LogP contribution in [-0.2, 0) is 16.0 Å². The van der Waals surface area contributed by atoms with E-state index in [4.69, 9.17) is 0 Å². The van der Waals surface area contributed by atoms with Crippen molar-refractivity contribution < 1.29 is 9.59 Å². The van der Waals surface area contributed by atoms with Crippen LogP contribution >= 0.6 is 0 Å². The number of imide groups is 1. The number of hydrogen-bond acceptors (Lipinski definition) is 3. The highest BCUT2D eigenvalue weighted by Crippen LogP contribution is 2.35. The molecule has 0 saturated carbocycles. The normalized spacial score (nSPS) is 17.8. The third kappa shape index (κ3) is 4.50. The van der Waals surface area contributed by atoms with E-state index in [1.54, 1.807) is 0 Å². The number of likely N-dealkylation sites (tertiary alicyclic amines) is 1. The van der Waals surface area contributed by atoms with Gasteiger partial charge in [0.25, 0.3) is 11.8 Å². The van der Waals surface area contributed by atoms with Crippen LogP contribution in [0.4, 0.5) is 0 Å². The van der Waals surface area contributed by atoms with Gasteiger partial charge in [-0.1, -0.05) is 62.4 Å². The molecule has 1 saturated heterocycles. The SMILES string of the molecule is Cc1ccc(C2=C(N3CCC(Cc4ccccc4)CC3)C(=O)N(CC(C)C)C2=O)cc1C. The third-order valence-corrected chi connectivity index (χ3v) is 6.78. The summed E-state index contributed by atoms with van der Waals surface area (Å²) in [5.74, 6) is 0.574. The van der Waals surface area contributed by atoms with Gasteiger partial charge < -0.3 is 4.90 Å². The van der Waals surface area contributed by atoms with Crippen molar-refractivity contribution in [3.05, 3.63) is 76.5 Å². The van der Waals surface area contributed by atoms with E-state index < -0.39 is 0 Å². The van der Waals surface area contributed by atoms with E-state index in [-0.39, 0.29) is 17.7 Å². The van der Waals surface area contributed by atoms with Gasteiger partial charge in [-0.25, -0.2) is 0 Å². The molecule has 168 valence electrons. The number of nitrogens with zero attached hydrogens (tertiary/aromatic N) is 2. The topological polar surface area (TPSA) is 40.6 Å². The van der Waals surface area contributed by atoms with Crippen molar-refractivity contribution >= 4 is 17.4 Å². The van der Waals surface area contributed by atoms with Crippen LogP contribution in [-0.4, -0.2) is 41.2 Å². The van der Waals surface area contributed by atoms with Gasteiger partial charge in [0, 0.05) is 19.6 Å². The summed E-state index contributed by atoms with van der Waals surface area (Å²) in [6, 6.07) is 16.7. The first-order valence-corrected chi connectivity index (χ1v) is 11.8. The predicted molar refractivity (Wildman–Crippen MR) is 129 cm³/mol. The van der Waals surface area contributed by atoms with Gasteiger partial charge in [0.1, 0.15) is 5.70 Å². The number of rotatable bonds is 6. The fraction of sp³-hybridized carbons (Fsp3) is 0.429. The fourth-order valence-corrected chi connectivity index (χ4v) is 4.85. The van der Waals surface area contributed by atoms with Crippen LogP contribution in [0.1, 0.15) is 48.9 Å². The first kappa shape index (κ1) is 22.3. The zero-order valence-electron chi connectivity index (χ0n) is 19.7. The largest absolute Gasteiger partial charge is 0.366 e. The van der Waals surface area contributed by atoms with E-state index in [1.165, 1.54) is 16.0 Å². The first-order chi connectivity index (χ1) is 15.3. The third-order valence-electron chi connectivity index (χ3n) is 6.78. The molecule has 0 bridgehead atoms. The van der Waals surface area contributed by atoms with Crippen LogP contribution in [0.2, 0.25) is 0 Å². The average molecular weight is 431 g/mol. The Morgan fingerprint density at radius 1 is 0.906 bits per heavy atom. The van der Waals surface area contributed by atoms with Crippen LogP contribution in [0, 0.1) is 25.7 Å². The number of amides is 2. The van der Waals surface area contributed by atoms with E-state index in [0.29, 0.717) is 23.7 Å². The smallest absolute Gasteiger partial charge is 0.277 e. The molecule has 1 fully saturated rings. The number of piperidine rings is 1. The van der Waals surface area contributed by atoms with Gasteiger partial charge in [0.2, 0.25) is 0 Å². The Kier molecular flexibility index (Phi) is 6.50. The van der Waals surface area contributed by atoms with E-state index >= 15 is 0 Å². The molecule has 4 heteroatoms. The minimum absolute atomic E-state index is 0.126. The maximum atomic E-state index is 13.5. The lowest BCUT2D eigenvalue weighted by molar-refractivity contribution is -0.138. The standard InChI is InChI=1S/C28H34N2O2/c1-19(2)18-30-27(31)25(24-11-10-20(3)21(4)16-24)26(28(30)32)29-14-12-23(13-15-29)17-22-8-6-5-7-9-22/h5-11,16,19,23H,12-15,17-18H2,1-4H3. The summed E-state index contributed by atoms with van der Waals surface area (Å²) in [4.78, 5) is 30.5. The van der Waals surface area contributed by atoms with Gasteiger partial charge in [-0.3, -0.25) is 14.5 Å². The van der Waals surface area contributed by atoms with Crippen molar-refractivity contribution in [3.8, 4) is 0 Å². The zero-order valence-corrected chi connectivity index (χ0v) is 19.7. The van der Waals surface area contributed by atoms with E-state index in [2.05, 4.69) is 55.1 Å². The number of carbonyl (C=O) groups is 2. The number of carbonyl (C=O) groups excluding carboxylic acids is 2. The molecule has 0 atom stereocenters. The summed E-state index contributed by atoms with van der Waals surface area (Å²) in [5, 5.41) is 0. The second-order valence-electron chi connectivity index (χ2n) is 9.76. The molecule has 2 aliphatic heterocycles. The summed E-state index contributed by atoms with van der Waals surface area (Å²) >= 11 is 0. The lowest BCUT2D eigenvalue weighted by atomic mass is 9.89. The fourth-order valence-electron chi connectivity index (χ4n) is 4.85. The van der Waals surface area contributed by atoms with Gasteiger partial charge in [0.15, 0.2) is 0 Å². The predicted octanol–water partition coefficient (Wildman–Crippen LogP) is 4.99. The summed E-state index contributed by atoms with van der Waals surface area (Å²) < 4.78 is 0. The highest BCUT2D eigenvalue weighted by Gasteiger charge is 2.42. The molecule has 0 radical (unpaired) electrons. The van der Waals surface area contributed by atoms with Crippen molar-refractivity contribution in [1.29, 1.82) is 0 Å². The lowest BCUT2D eigenvalue weighted by Crippen LogP contribution is -2.40. The number of hydrogen-bond donors (Lipinski definition) is 0. The minimum atomic E-state index is -0.145. The van der Waals surface area contributed by atoms with Crippen molar-refractivity contribution in [1.82, 2.24) is 9.80 Å². The van der Waals surface area contributed by atoms with Crippen LogP contribution in [0.25, 0.3) is 5.57 Å². The molecule has 0 aromatic heterocycles. The monoisotopic (exact) mass is 430 g/mol. The van der Waals surface area contributed by atoms with Gasteiger partial charge in [-0.05, 0) is 67.2 Å². The second kappa shape index (κ2) is 9.32. The lowest BCUT2D eigenvalue weighted by Gasteiger charge is -2.34. The van der Waals surface area contributed by atoms with Crippen LogP contribution < -0.4 is 0 Å². The molecule has 4 rings (SSSR count). The summed E-state index contributed by atoms with van der Waals surface area (Å²) in [5.41, 5.74) is 5.75.